The number of aliphatic hydroxyl groups is 3. The molecule has 0 spiro atoms. The quantitative estimate of drug-likeness (QED) is 0.208. The first-order chi connectivity index (χ1) is 15.0. The second kappa shape index (κ2) is 7.72. The van der Waals surface area contributed by atoms with Crippen molar-refractivity contribution >= 4 is 33.1 Å². The highest BCUT2D eigenvalue weighted by molar-refractivity contribution is 7.86. The number of halogens is 1. The van der Waals surface area contributed by atoms with Crippen LogP contribution in [-0.4, -0.2) is 73.5 Å². The van der Waals surface area contributed by atoms with E-state index in [0.29, 0.717) is 0 Å². The molecular formula is C17H16FN5O8S. The Morgan fingerprint density at radius 3 is 2.53 bits per heavy atom. The average molecular weight is 469 g/mol. The number of aromatic nitrogens is 4. The molecule has 170 valence electrons. The molecule has 1 unspecified atom stereocenters. The fourth-order valence-electron chi connectivity index (χ4n) is 3.41. The Hall–Kier alpha value is -3.24. The monoisotopic (exact) mass is 469 g/mol. The van der Waals surface area contributed by atoms with Crippen molar-refractivity contribution in [1.82, 2.24) is 19.5 Å². The third-order valence-corrected chi connectivity index (χ3v) is 5.84. The number of carbonyl (C=O) groups excluding carboxylic acids is 1. The second-order valence-corrected chi connectivity index (χ2v) is 8.37. The number of fused-ring (bicyclic) bond motifs is 1. The van der Waals surface area contributed by atoms with Crippen molar-refractivity contribution in [2.75, 3.05) is 5.73 Å². The molecule has 3 heterocycles. The molecule has 1 saturated heterocycles. The largest absolute Gasteiger partial charge is 0.387 e. The van der Waals surface area contributed by atoms with Crippen LogP contribution < -0.4 is 11.3 Å². The minimum Gasteiger partial charge on any atom is -0.387 e. The fraction of sp³-hybridized carbons (Fsp3) is 0.294. The second-order valence-electron chi connectivity index (χ2n) is 7.02. The van der Waals surface area contributed by atoms with E-state index in [0.717, 1.165) is 35.2 Å². The lowest BCUT2D eigenvalue weighted by molar-refractivity contribution is -0.0725. The number of nitrogens with two attached hydrogens (primary N) is 1. The number of ketones is 1. The van der Waals surface area contributed by atoms with Crippen molar-refractivity contribution < 1.29 is 37.2 Å². The van der Waals surface area contributed by atoms with Gasteiger partial charge in [-0.25, -0.2) is 4.98 Å². The molecule has 1 fully saturated rings. The Balaban J connectivity index is 1.61. The topological polar surface area (TPSA) is 211 Å². The molecule has 5 atom stereocenters. The number of aliphatic hydroxyl groups excluding tert-OH is 3. The lowest BCUT2D eigenvalue weighted by atomic mass is 9.98. The number of nitrogens with one attached hydrogen (secondary N) is 1. The van der Waals surface area contributed by atoms with Crippen molar-refractivity contribution in [3.8, 4) is 0 Å². The molecule has 0 amide bonds. The molecule has 1 aliphatic heterocycles. The van der Waals surface area contributed by atoms with Crippen LogP contribution in [0.2, 0.25) is 0 Å². The minimum atomic E-state index is -4.97. The molecule has 0 radical (unpaired) electrons. The molecule has 6 N–H and O–H groups in total. The summed E-state index contributed by atoms with van der Waals surface area (Å²) in [5.41, 5.74) is 4.51. The van der Waals surface area contributed by atoms with Gasteiger partial charge in [0.15, 0.2) is 23.2 Å². The Kier molecular flexibility index (Phi) is 5.30. The third kappa shape index (κ3) is 3.65. The average Bonchev–Trinajstić information content (AvgIpc) is 3.28. The Morgan fingerprint density at radius 2 is 1.91 bits per heavy atom. The number of hydrogen-bond acceptors (Lipinski definition) is 11. The summed E-state index contributed by atoms with van der Waals surface area (Å²) in [7, 11) is -4.97. The number of H-pyrrole nitrogens is 1. The van der Waals surface area contributed by atoms with Crippen LogP contribution in [0.15, 0.2) is 40.3 Å². The highest BCUT2D eigenvalue weighted by atomic mass is 32.3. The van der Waals surface area contributed by atoms with E-state index in [2.05, 4.69) is 15.0 Å². The molecule has 1 aromatic carbocycles. The van der Waals surface area contributed by atoms with Crippen LogP contribution in [-0.2, 0) is 15.0 Å². The summed E-state index contributed by atoms with van der Waals surface area (Å²) >= 11 is 0. The van der Waals surface area contributed by atoms with E-state index in [1.165, 1.54) is 0 Å². The lowest BCUT2D eigenvalue weighted by Crippen LogP contribution is -2.42. The maximum Gasteiger partial charge on any atom is 0.332 e. The zero-order chi connectivity index (χ0) is 23.4. The number of ether oxygens (including phenoxy) is 1. The van der Waals surface area contributed by atoms with Gasteiger partial charge < -0.3 is 25.8 Å². The standard InChI is InChI=1S/C17H16FN5O8S/c18-32(29,30)7-3-1-6(2-4-7)9(24)10(25)13-11(26)12(27)16(31-13)23-5-20-8-14(23)21-17(19)22-15(8)28/h1-5,10-13,16,25-27H,(H3,19,21,22,28)/t10?,11-,12+,13+,16+/m0/s1. The predicted molar refractivity (Wildman–Crippen MR) is 104 cm³/mol. The van der Waals surface area contributed by atoms with E-state index in [-0.39, 0.29) is 22.7 Å². The summed E-state index contributed by atoms with van der Waals surface area (Å²) in [5.74, 6) is -1.21. The Labute approximate surface area is 178 Å². The number of benzene rings is 1. The van der Waals surface area contributed by atoms with Crippen molar-refractivity contribution in [2.45, 2.75) is 35.5 Å². The summed E-state index contributed by atoms with van der Waals surface area (Å²) in [5, 5.41) is 31.2. The Bertz CT molecular complexity index is 1360. The number of carbonyl (C=O) groups is 1. The van der Waals surface area contributed by atoms with Gasteiger partial charge in [-0.2, -0.15) is 13.4 Å². The van der Waals surface area contributed by atoms with Crippen LogP contribution in [0, 0.1) is 0 Å². The van der Waals surface area contributed by atoms with E-state index >= 15 is 0 Å². The van der Waals surface area contributed by atoms with Crippen LogP contribution in [0.3, 0.4) is 0 Å². The first-order valence-corrected chi connectivity index (χ1v) is 10.4. The maximum atomic E-state index is 13.0. The van der Waals surface area contributed by atoms with Gasteiger partial charge in [0.1, 0.15) is 24.4 Å². The van der Waals surface area contributed by atoms with Crippen LogP contribution >= 0.6 is 0 Å². The first kappa shape index (κ1) is 22.0. The Morgan fingerprint density at radius 1 is 1.25 bits per heavy atom. The van der Waals surface area contributed by atoms with Gasteiger partial charge in [-0.05, 0) is 24.3 Å². The van der Waals surface area contributed by atoms with E-state index in [1.807, 2.05) is 0 Å². The summed E-state index contributed by atoms with van der Waals surface area (Å²) < 4.78 is 41.4. The molecule has 0 saturated carbocycles. The van der Waals surface area contributed by atoms with Gasteiger partial charge in [0.2, 0.25) is 5.95 Å². The number of Topliss-reactive ketones (excluding diaryl/α,β-unsaturated/α-hetero) is 1. The van der Waals surface area contributed by atoms with Crippen molar-refractivity contribution in [2.24, 2.45) is 0 Å². The van der Waals surface area contributed by atoms with Gasteiger partial charge in [-0.3, -0.25) is 19.1 Å². The number of imidazole rings is 1. The van der Waals surface area contributed by atoms with Gasteiger partial charge in [0, 0.05) is 5.56 Å². The van der Waals surface area contributed by atoms with Gasteiger partial charge >= 0.3 is 10.2 Å². The molecule has 0 bridgehead atoms. The van der Waals surface area contributed by atoms with Gasteiger partial charge in [0.25, 0.3) is 5.56 Å². The zero-order valence-corrected chi connectivity index (χ0v) is 16.7. The van der Waals surface area contributed by atoms with Crippen molar-refractivity contribution in [1.29, 1.82) is 0 Å². The van der Waals surface area contributed by atoms with Crippen LogP contribution in [0.1, 0.15) is 16.6 Å². The van der Waals surface area contributed by atoms with Gasteiger partial charge in [-0.1, -0.05) is 0 Å². The van der Waals surface area contributed by atoms with Crippen LogP contribution in [0.25, 0.3) is 11.2 Å². The van der Waals surface area contributed by atoms with Crippen LogP contribution in [0.4, 0.5) is 9.83 Å². The van der Waals surface area contributed by atoms with Crippen LogP contribution in [0.5, 0.6) is 0 Å². The number of aromatic amines is 1. The maximum absolute atomic E-state index is 13.0. The number of anilines is 1. The summed E-state index contributed by atoms with van der Waals surface area (Å²) in [6, 6.07) is 3.64. The molecule has 13 nitrogen and oxygen atoms in total. The minimum absolute atomic E-state index is 0.0630. The lowest BCUT2D eigenvalue weighted by Gasteiger charge is -2.20. The van der Waals surface area contributed by atoms with E-state index in [1.54, 1.807) is 0 Å². The summed E-state index contributed by atoms with van der Waals surface area (Å²) in [6.07, 6.45) is -7.24. The number of hydrogen-bond donors (Lipinski definition) is 5. The molecule has 2 aromatic heterocycles. The molecule has 3 aromatic rings. The SMILES string of the molecule is Nc1nc2c(ncn2[C@@H]2O[C@H](C(O)C(=O)c3ccc(S(=O)(=O)F)cc3)[C@@H](O)[C@H]2O)c(=O)[nH]1. The first-order valence-electron chi connectivity index (χ1n) is 9.00. The third-order valence-electron chi connectivity index (χ3n) is 5.00. The van der Waals surface area contributed by atoms with Gasteiger partial charge in [0.05, 0.1) is 11.2 Å². The van der Waals surface area contributed by atoms with Crippen molar-refractivity contribution in [3.05, 3.63) is 46.5 Å². The predicted octanol–water partition coefficient (Wildman–Crippen LogP) is -1.78. The summed E-state index contributed by atoms with van der Waals surface area (Å²) in [4.78, 5) is 33.9. The normalized spacial score (nSPS) is 24.6. The van der Waals surface area contributed by atoms with E-state index < -0.39 is 57.1 Å². The fourth-order valence-corrected chi connectivity index (χ4v) is 3.87. The molecular weight excluding hydrogens is 453 g/mol. The number of rotatable bonds is 5. The molecule has 4 rings (SSSR count). The molecule has 32 heavy (non-hydrogen) atoms. The van der Waals surface area contributed by atoms with Gasteiger partial charge in [-0.15, -0.1) is 3.89 Å². The van der Waals surface area contributed by atoms with Crippen molar-refractivity contribution in [3.63, 3.8) is 0 Å². The highest BCUT2D eigenvalue weighted by Gasteiger charge is 2.49. The highest BCUT2D eigenvalue weighted by Crippen LogP contribution is 2.33. The van der Waals surface area contributed by atoms with E-state index in [9.17, 15) is 37.2 Å². The smallest absolute Gasteiger partial charge is 0.332 e. The molecule has 15 heteroatoms. The zero-order valence-electron chi connectivity index (χ0n) is 15.9. The molecule has 0 aliphatic carbocycles. The summed E-state index contributed by atoms with van der Waals surface area (Å²) in [6.45, 7) is 0. The van der Waals surface area contributed by atoms with E-state index in [4.69, 9.17) is 10.5 Å². The molecule has 1 aliphatic rings. The number of nitrogen functional groups attached to an aromatic ring is 1. The number of nitrogens with zero attached hydrogens (tertiary/aromatic N) is 3.